The van der Waals surface area contributed by atoms with E-state index in [2.05, 4.69) is 15.1 Å². The highest BCUT2D eigenvalue weighted by Crippen LogP contribution is 2.26. The molecule has 0 radical (unpaired) electrons. The van der Waals surface area contributed by atoms with Crippen molar-refractivity contribution in [2.75, 3.05) is 42.9 Å². The van der Waals surface area contributed by atoms with E-state index in [-0.39, 0.29) is 5.91 Å². The lowest BCUT2D eigenvalue weighted by molar-refractivity contribution is -0.116. The van der Waals surface area contributed by atoms with Crippen LogP contribution in [0, 0.1) is 0 Å². The van der Waals surface area contributed by atoms with Crippen molar-refractivity contribution in [1.29, 1.82) is 0 Å². The van der Waals surface area contributed by atoms with Crippen LogP contribution in [0.5, 0.6) is 0 Å². The minimum absolute atomic E-state index is 0.0460. The number of para-hydroxylation sites is 1. The molecule has 1 aliphatic heterocycles. The Morgan fingerprint density at radius 2 is 1.67 bits per heavy atom. The summed E-state index contributed by atoms with van der Waals surface area (Å²) in [4.78, 5) is 27.8. The Bertz CT molecular complexity index is 802. The molecule has 142 valence electrons. The van der Waals surface area contributed by atoms with Gasteiger partial charge in [0, 0.05) is 50.4 Å². The van der Waals surface area contributed by atoms with E-state index in [0.717, 1.165) is 36.9 Å². The molecule has 3 N–H and O–H groups in total. The molecule has 0 atom stereocenters. The third-order valence-corrected chi connectivity index (χ3v) is 4.99. The molecule has 0 saturated carbocycles. The van der Waals surface area contributed by atoms with Gasteiger partial charge in [0.2, 0.25) is 11.8 Å². The number of hydrogen-bond acceptors (Lipinski definition) is 4. The van der Waals surface area contributed by atoms with Gasteiger partial charge in [-0.15, -0.1) is 0 Å². The van der Waals surface area contributed by atoms with E-state index in [4.69, 9.17) is 17.3 Å². The molecular formula is C20H23ClN4O2. The van der Waals surface area contributed by atoms with Crippen molar-refractivity contribution >= 4 is 34.8 Å². The Morgan fingerprint density at radius 1 is 1.00 bits per heavy atom. The average Bonchev–Trinajstić information content (AvgIpc) is 2.68. The number of primary amides is 1. The molecule has 7 heteroatoms. The van der Waals surface area contributed by atoms with E-state index >= 15 is 0 Å². The van der Waals surface area contributed by atoms with Crippen molar-refractivity contribution in [1.82, 2.24) is 4.90 Å². The zero-order chi connectivity index (χ0) is 19.2. The first-order valence-electron chi connectivity index (χ1n) is 8.94. The summed E-state index contributed by atoms with van der Waals surface area (Å²) < 4.78 is 0. The third-order valence-electron chi connectivity index (χ3n) is 4.67. The van der Waals surface area contributed by atoms with Crippen molar-refractivity contribution in [3.05, 3.63) is 59.1 Å². The lowest BCUT2D eigenvalue weighted by Gasteiger charge is -2.36. The van der Waals surface area contributed by atoms with Crippen molar-refractivity contribution in [3.63, 3.8) is 0 Å². The quantitative estimate of drug-likeness (QED) is 0.799. The second kappa shape index (κ2) is 8.88. The highest BCUT2D eigenvalue weighted by molar-refractivity contribution is 6.33. The Kier molecular flexibility index (Phi) is 6.32. The molecule has 2 amide bonds. The van der Waals surface area contributed by atoms with Crippen LogP contribution in [-0.2, 0) is 4.79 Å². The zero-order valence-corrected chi connectivity index (χ0v) is 15.8. The molecule has 1 aliphatic rings. The van der Waals surface area contributed by atoms with Gasteiger partial charge in [-0.3, -0.25) is 14.5 Å². The maximum absolute atomic E-state index is 12.1. The van der Waals surface area contributed by atoms with Crippen molar-refractivity contribution in [2.45, 2.75) is 6.42 Å². The molecule has 0 spiro atoms. The third kappa shape index (κ3) is 5.21. The van der Waals surface area contributed by atoms with Gasteiger partial charge >= 0.3 is 0 Å². The number of rotatable bonds is 6. The van der Waals surface area contributed by atoms with Gasteiger partial charge < -0.3 is 16.0 Å². The van der Waals surface area contributed by atoms with Crippen molar-refractivity contribution in [2.24, 2.45) is 5.73 Å². The summed E-state index contributed by atoms with van der Waals surface area (Å²) in [5.74, 6) is -0.529. The Hall–Kier alpha value is -2.57. The van der Waals surface area contributed by atoms with Gasteiger partial charge in [-0.2, -0.15) is 0 Å². The second-order valence-corrected chi connectivity index (χ2v) is 6.93. The van der Waals surface area contributed by atoms with Gasteiger partial charge in [-0.1, -0.05) is 23.7 Å². The van der Waals surface area contributed by atoms with Crippen LogP contribution in [0.25, 0.3) is 0 Å². The number of nitrogens with zero attached hydrogens (tertiary/aromatic N) is 2. The van der Waals surface area contributed by atoms with Gasteiger partial charge in [-0.25, -0.2) is 0 Å². The van der Waals surface area contributed by atoms with Crippen molar-refractivity contribution < 1.29 is 9.59 Å². The normalized spacial score (nSPS) is 14.8. The van der Waals surface area contributed by atoms with E-state index in [1.807, 2.05) is 24.3 Å². The van der Waals surface area contributed by atoms with Crippen LogP contribution in [-0.4, -0.2) is 49.4 Å². The molecule has 27 heavy (non-hydrogen) atoms. The smallest absolute Gasteiger partial charge is 0.248 e. The molecule has 0 bridgehead atoms. The lowest BCUT2D eigenvalue weighted by atomic mass is 10.2. The number of piperazine rings is 1. The number of carbonyl (C=O) groups is 2. The minimum Gasteiger partial charge on any atom is -0.368 e. The summed E-state index contributed by atoms with van der Waals surface area (Å²) >= 11 is 6.27. The van der Waals surface area contributed by atoms with Crippen molar-refractivity contribution in [3.8, 4) is 0 Å². The van der Waals surface area contributed by atoms with E-state index in [1.165, 1.54) is 0 Å². The number of nitrogens with one attached hydrogen (secondary N) is 1. The number of carbonyl (C=O) groups excluding carboxylic acids is 2. The van der Waals surface area contributed by atoms with Crippen LogP contribution in [0.4, 0.5) is 11.4 Å². The fraction of sp³-hybridized carbons (Fsp3) is 0.300. The highest BCUT2D eigenvalue weighted by Gasteiger charge is 2.19. The fourth-order valence-electron chi connectivity index (χ4n) is 3.12. The number of nitrogens with two attached hydrogens (primary N) is 1. The Balaban J connectivity index is 1.42. The Morgan fingerprint density at radius 3 is 2.30 bits per heavy atom. The number of benzene rings is 2. The van der Waals surface area contributed by atoms with E-state index in [9.17, 15) is 9.59 Å². The first kappa shape index (κ1) is 19.2. The van der Waals surface area contributed by atoms with Gasteiger partial charge in [0.15, 0.2) is 0 Å². The molecule has 0 aliphatic carbocycles. The van der Waals surface area contributed by atoms with Gasteiger partial charge in [0.1, 0.15) is 0 Å². The predicted molar refractivity (Wildman–Crippen MR) is 108 cm³/mol. The second-order valence-electron chi connectivity index (χ2n) is 6.52. The van der Waals surface area contributed by atoms with Crippen LogP contribution in [0.1, 0.15) is 16.8 Å². The first-order chi connectivity index (χ1) is 13.0. The van der Waals surface area contributed by atoms with Gasteiger partial charge in [0.05, 0.1) is 10.7 Å². The number of anilines is 2. The summed E-state index contributed by atoms with van der Waals surface area (Å²) in [5, 5.41) is 3.62. The van der Waals surface area contributed by atoms with Gasteiger partial charge in [-0.05, 0) is 36.4 Å². The number of halogens is 1. The van der Waals surface area contributed by atoms with E-state index < -0.39 is 5.91 Å². The molecule has 1 heterocycles. The molecule has 1 fully saturated rings. The van der Waals surface area contributed by atoms with Crippen LogP contribution >= 0.6 is 11.6 Å². The number of hydrogen-bond donors (Lipinski definition) is 2. The van der Waals surface area contributed by atoms with Crippen LogP contribution in [0.15, 0.2) is 48.5 Å². The summed E-state index contributed by atoms with van der Waals surface area (Å²) in [5.41, 5.74) is 7.36. The average molecular weight is 387 g/mol. The number of amides is 2. The SMILES string of the molecule is NC(=O)c1ccc(NC(=O)CCN2CCN(c3ccccc3Cl)CC2)cc1. The predicted octanol–water partition coefficient (Wildman–Crippen LogP) is 2.59. The van der Waals surface area contributed by atoms with Gasteiger partial charge in [0.25, 0.3) is 0 Å². The lowest BCUT2D eigenvalue weighted by Crippen LogP contribution is -2.47. The summed E-state index contributed by atoms with van der Waals surface area (Å²) in [6.45, 7) is 4.28. The maximum Gasteiger partial charge on any atom is 0.248 e. The highest BCUT2D eigenvalue weighted by atomic mass is 35.5. The topological polar surface area (TPSA) is 78.7 Å². The summed E-state index contributed by atoms with van der Waals surface area (Å²) in [6.07, 6.45) is 0.420. The van der Waals surface area contributed by atoms with Crippen LogP contribution < -0.4 is 16.0 Å². The monoisotopic (exact) mass is 386 g/mol. The van der Waals surface area contributed by atoms with Crippen LogP contribution in [0.2, 0.25) is 5.02 Å². The fourth-order valence-corrected chi connectivity index (χ4v) is 3.38. The molecule has 1 saturated heterocycles. The summed E-state index contributed by atoms with van der Waals surface area (Å²) in [7, 11) is 0. The molecule has 0 unspecified atom stereocenters. The zero-order valence-electron chi connectivity index (χ0n) is 15.0. The molecule has 6 nitrogen and oxygen atoms in total. The van der Waals surface area contributed by atoms with E-state index in [1.54, 1.807) is 24.3 Å². The molecule has 3 rings (SSSR count). The first-order valence-corrected chi connectivity index (χ1v) is 9.32. The standard InChI is InChI=1S/C20H23ClN4O2/c21-17-3-1-2-4-18(17)25-13-11-24(12-14-25)10-9-19(26)23-16-7-5-15(6-8-16)20(22)27/h1-8H,9-14H2,(H2,22,27)(H,23,26). The summed E-state index contributed by atoms with van der Waals surface area (Å²) in [6, 6.07) is 14.4. The minimum atomic E-state index is -0.483. The molecule has 2 aromatic carbocycles. The molecule has 2 aromatic rings. The molecule has 0 aromatic heterocycles. The van der Waals surface area contributed by atoms with Crippen LogP contribution in [0.3, 0.4) is 0 Å². The molecular weight excluding hydrogens is 364 g/mol. The van der Waals surface area contributed by atoms with E-state index in [0.29, 0.717) is 24.2 Å². The maximum atomic E-state index is 12.1. The Labute approximate surface area is 163 Å². The largest absolute Gasteiger partial charge is 0.368 e.